The van der Waals surface area contributed by atoms with E-state index < -0.39 is 17.0 Å². The molecule has 0 amide bonds. The third kappa shape index (κ3) is 2.44. The van der Waals surface area contributed by atoms with Crippen LogP contribution in [-0.2, 0) is 0 Å². The van der Waals surface area contributed by atoms with E-state index in [9.17, 15) is 0 Å². The molecule has 12 heavy (non-hydrogen) atoms. The van der Waals surface area contributed by atoms with Crippen LogP contribution >= 0.6 is 0 Å². The van der Waals surface area contributed by atoms with Gasteiger partial charge in [0.2, 0.25) is 0 Å². The van der Waals surface area contributed by atoms with Gasteiger partial charge in [0.05, 0.1) is 0 Å². The van der Waals surface area contributed by atoms with E-state index in [1.165, 1.54) is 0 Å². The maximum atomic E-state index is 2.49. The summed E-state index contributed by atoms with van der Waals surface area (Å²) in [7, 11) is 2.76. The molecule has 0 aliphatic rings. The molecule has 0 aromatic carbocycles. The fourth-order valence-corrected chi connectivity index (χ4v) is 8.35. The molecule has 0 aromatic rings. The molecule has 0 fully saturated rings. The average molecular weight is 203 g/mol. The molecular weight excluding hydrogens is 178 g/mol. The Kier molecular flexibility index (Phi) is 3.76. The van der Waals surface area contributed by atoms with Gasteiger partial charge < -0.3 is 4.57 Å². The molecule has 0 bridgehead atoms. The van der Waals surface area contributed by atoms with Gasteiger partial charge in [-0.25, -0.2) is 0 Å². The highest BCUT2D eigenvalue weighted by molar-refractivity contribution is 6.90. The van der Waals surface area contributed by atoms with E-state index >= 15 is 0 Å². The summed E-state index contributed by atoms with van der Waals surface area (Å²) in [4.78, 5) is 0. The molecule has 1 atom stereocenters. The lowest BCUT2D eigenvalue weighted by atomic mass is 10.5. The van der Waals surface area contributed by atoms with Gasteiger partial charge in [0.15, 0.2) is 0 Å². The van der Waals surface area contributed by atoms with Crippen molar-refractivity contribution in [1.29, 1.82) is 0 Å². The number of hydrogen-bond acceptors (Lipinski definition) is 1. The molecule has 0 aliphatic carbocycles. The van der Waals surface area contributed by atoms with E-state index in [-0.39, 0.29) is 0 Å². The van der Waals surface area contributed by atoms with Gasteiger partial charge in [-0.05, 0) is 18.8 Å². The van der Waals surface area contributed by atoms with Crippen molar-refractivity contribution in [2.45, 2.75) is 44.7 Å². The van der Waals surface area contributed by atoms with Gasteiger partial charge in [-0.2, -0.15) is 0 Å². The van der Waals surface area contributed by atoms with Crippen molar-refractivity contribution < 1.29 is 0 Å². The van der Waals surface area contributed by atoms with Crippen molar-refractivity contribution in [3.05, 3.63) is 0 Å². The van der Waals surface area contributed by atoms with Gasteiger partial charge in [-0.15, -0.1) is 0 Å². The highest BCUT2D eigenvalue weighted by Crippen LogP contribution is 2.39. The van der Waals surface area contributed by atoms with Crippen LogP contribution < -0.4 is 0 Å². The van der Waals surface area contributed by atoms with Crippen molar-refractivity contribution in [1.82, 2.24) is 4.57 Å². The van der Waals surface area contributed by atoms with Gasteiger partial charge in [0.1, 0.15) is 8.96 Å². The van der Waals surface area contributed by atoms with Gasteiger partial charge in [-0.1, -0.05) is 40.0 Å². The standard InChI is InChI=1S/C9H25NSi2/c1-9(2,12(6,7)8)11(5)10(3)4/h11H,1-8H3. The first-order valence-corrected chi connectivity index (χ1v) is 10.5. The fourth-order valence-electron chi connectivity index (χ4n) is 1.27. The van der Waals surface area contributed by atoms with Crippen LogP contribution in [0.15, 0.2) is 0 Å². The van der Waals surface area contributed by atoms with Crippen LogP contribution in [-0.4, -0.2) is 35.7 Å². The Bertz CT molecular complexity index is 147. The summed E-state index contributed by atoms with van der Waals surface area (Å²) in [6, 6.07) is 0. The van der Waals surface area contributed by atoms with Crippen LogP contribution in [0.25, 0.3) is 0 Å². The molecular formula is C9H25NSi2. The van der Waals surface area contributed by atoms with Gasteiger partial charge in [0, 0.05) is 8.07 Å². The third-order valence-corrected chi connectivity index (χ3v) is 15.1. The van der Waals surface area contributed by atoms with E-state index in [1.54, 1.807) is 0 Å². The Hall–Kier alpha value is 0.394. The van der Waals surface area contributed by atoms with E-state index in [0.717, 1.165) is 0 Å². The maximum absolute atomic E-state index is 2.49. The summed E-state index contributed by atoms with van der Waals surface area (Å²) in [5.41, 5.74) is 0. The molecule has 0 heterocycles. The quantitative estimate of drug-likeness (QED) is 0.637. The molecule has 74 valence electrons. The topological polar surface area (TPSA) is 3.24 Å². The smallest absolute Gasteiger partial charge is 0.111 e. The lowest BCUT2D eigenvalue weighted by Crippen LogP contribution is -2.51. The van der Waals surface area contributed by atoms with Crippen molar-refractivity contribution in [3.63, 3.8) is 0 Å². The summed E-state index contributed by atoms with van der Waals surface area (Å²) in [5.74, 6) is 0. The Morgan fingerprint density at radius 3 is 1.50 bits per heavy atom. The van der Waals surface area contributed by atoms with E-state index in [1.807, 2.05) is 0 Å². The predicted octanol–water partition coefficient (Wildman–Crippen LogP) is 2.56. The Morgan fingerprint density at radius 2 is 1.42 bits per heavy atom. The van der Waals surface area contributed by atoms with Crippen LogP contribution in [0.4, 0.5) is 0 Å². The molecule has 0 N–H and O–H groups in total. The Labute approximate surface area is 80.9 Å². The first kappa shape index (κ1) is 12.4. The number of hydrogen-bond donors (Lipinski definition) is 0. The van der Waals surface area contributed by atoms with Crippen molar-refractivity contribution in [3.8, 4) is 0 Å². The second-order valence-electron chi connectivity index (χ2n) is 5.61. The van der Waals surface area contributed by atoms with Crippen molar-refractivity contribution in [2.75, 3.05) is 14.1 Å². The first-order chi connectivity index (χ1) is 5.10. The van der Waals surface area contributed by atoms with Crippen LogP contribution in [0.3, 0.4) is 0 Å². The van der Waals surface area contributed by atoms with Gasteiger partial charge in [-0.3, -0.25) is 0 Å². The minimum atomic E-state index is -0.991. The molecule has 3 heteroatoms. The zero-order chi connectivity index (χ0) is 10.2. The second kappa shape index (κ2) is 3.64. The molecule has 0 radical (unpaired) electrons. The summed E-state index contributed by atoms with van der Waals surface area (Å²) in [6.07, 6.45) is 0. The van der Waals surface area contributed by atoms with E-state index in [2.05, 4.69) is 58.7 Å². The van der Waals surface area contributed by atoms with E-state index in [4.69, 9.17) is 0 Å². The fraction of sp³-hybridized carbons (Fsp3) is 1.00. The van der Waals surface area contributed by atoms with Crippen molar-refractivity contribution >= 4 is 17.0 Å². The zero-order valence-electron chi connectivity index (χ0n) is 10.0. The van der Waals surface area contributed by atoms with Gasteiger partial charge >= 0.3 is 0 Å². The molecule has 0 saturated heterocycles. The lowest BCUT2D eigenvalue weighted by Gasteiger charge is -2.44. The minimum Gasteiger partial charge on any atom is -0.331 e. The van der Waals surface area contributed by atoms with Crippen LogP contribution in [0.1, 0.15) is 13.8 Å². The largest absolute Gasteiger partial charge is 0.331 e. The number of rotatable bonds is 3. The molecule has 0 aliphatic heterocycles. The summed E-state index contributed by atoms with van der Waals surface area (Å²) < 4.78 is 3.09. The Balaban J connectivity index is 4.61. The second-order valence-corrected chi connectivity index (χ2v) is 15.8. The van der Waals surface area contributed by atoms with Crippen LogP contribution in [0.5, 0.6) is 0 Å². The molecule has 1 unspecified atom stereocenters. The number of nitrogens with zero attached hydrogens (tertiary/aromatic N) is 1. The van der Waals surface area contributed by atoms with Crippen molar-refractivity contribution in [2.24, 2.45) is 0 Å². The zero-order valence-corrected chi connectivity index (χ0v) is 12.2. The first-order valence-electron chi connectivity index (χ1n) is 4.77. The molecule has 0 saturated carbocycles. The Morgan fingerprint density at radius 1 is 1.08 bits per heavy atom. The molecule has 0 spiro atoms. The monoisotopic (exact) mass is 203 g/mol. The van der Waals surface area contributed by atoms with E-state index in [0.29, 0.717) is 4.66 Å². The summed E-state index contributed by atoms with van der Waals surface area (Å²) in [5, 5.41) is 0. The normalized spacial score (nSPS) is 16.8. The molecule has 0 aromatic heterocycles. The summed E-state index contributed by atoms with van der Waals surface area (Å²) in [6.45, 7) is 14.9. The lowest BCUT2D eigenvalue weighted by molar-refractivity contribution is 0.609. The predicted molar refractivity (Wildman–Crippen MR) is 64.1 cm³/mol. The van der Waals surface area contributed by atoms with Gasteiger partial charge in [0.25, 0.3) is 0 Å². The molecule has 0 rings (SSSR count). The highest BCUT2D eigenvalue weighted by atomic mass is 28.4. The maximum Gasteiger partial charge on any atom is 0.111 e. The minimum absolute atomic E-state index is 0.622. The summed E-state index contributed by atoms with van der Waals surface area (Å²) >= 11 is 0. The SMILES string of the molecule is CN(C)[SiH](C)C(C)(C)[Si](C)(C)C. The third-order valence-electron chi connectivity index (χ3n) is 3.75. The van der Waals surface area contributed by atoms with Crippen LogP contribution in [0, 0.1) is 0 Å². The highest BCUT2D eigenvalue weighted by Gasteiger charge is 2.40. The molecule has 1 nitrogen and oxygen atoms in total. The van der Waals surface area contributed by atoms with Crippen LogP contribution in [0.2, 0.25) is 30.8 Å². The average Bonchev–Trinajstić information content (AvgIpc) is 1.83.